The molecule has 0 aliphatic rings. The third-order valence-electron chi connectivity index (χ3n) is 2.27. The number of nitrogens with one attached hydrogen (secondary N) is 2. The molecule has 0 fully saturated rings. The minimum Gasteiger partial charge on any atom is -0.360 e. The highest BCUT2D eigenvalue weighted by molar-refractivity contribution is 8.01. The summed E-state index contributed by atoms with van der Waals surface area (Å²) in [6, 6.07) is 4.92. The Morgan fingerprint density at radius 2 is 2.19 bits per heavy atom. The van der Waals surface area contributed by atoms with Gasteiger partial charge in [0.25, 0.3) is 0 Å². The molecule has 21 heavy (non-hydrogen) atoms. The van der Waals surface area contributed by atoms with E-state index in [0.717, 1.165) is 16.0 Å². The van der Waals surface area contributed by atoms with Crippen molar-refractivity contribution in [2.75, 3.05) is 22.9 Å². The Hall–Kier alpha value is -1.02. The zero-order valence-electron chi connectivity index (χ0n) is 11.0. The van der Waals surface area contributed by atoms with Crippen molar-refractivity contribution < 1.29 is 4.79 Å². The van der Waals surface area contributed by atoms with E-state index in [-0.39, 0.29) is 11.7 Å². The molecule has 0 saturated carbocycles. The van der Waals surface area contributed by atoms with E-state index in [4.69, 9.17) is 23.2 Å². The number of amides is 1. The molecule has 0 unspecified atom stereocenters. The summed E-state index contributed by atoms with van der Waals surface area (Å²) in [7, 11) is 0. The van der Waals surface area contributed by atoms with Crippen molar-refractivity contribution in [2.45, 2.75) is 11.3 Å². The Morgan fingerprint density at radius 3 is 2.90 bits per heavy atom. The highest BCUT2D eigenvalue weighted by Crippen LogP contribution is 2.27. The molecular weight excluding hydrogens is 351 g/mol. The number of carbonyl (C=O) groups excluding carboxylic acids is 1. The molecule has 0 aliphatic carbocycles. The van der Waals surface area contributed by atoms with Gasteiger partial charge < -0.3 is 10.6 Å². The van der Waals surface area contributed by atoms with Crippen LogP contribution in [0.5, 0.6) is 0 Å². The summed E-state index contributed by atoms with van der Waals surface area (Å²) < 4.78 is 0.739. The van der Waals surface area contributed by atoms with E-state index in [9.17, 15) is 4.79 Å². The molecule has 0 aliphatic heterocycles. The Morgan fingerprint density at radius 1 is 1.38 bits per heavy atom. The minimum atomic E-state index is -0.163. The standard InChI is InChI=1S/C12H12Cl2N4OS2/c1-2-15-11-17-18-12(21-11)20-6-10(19)16-9-4-3-7(13)5-8(9)14/h3-5H,2,6H2,1H3,(H,15,17)(H,16,19). The van der Waals surface area contributed by atoms with Gasteiger partial charge in [-0.15, -0.1) is 10.2 Å². The topological polar surface area (TPSA) is 66.9 Å². The maximum Gasteiger partial charge on any atom is 0.234 e. The van der Waals surface area contributed by atoms with Gasteiger partial charge in [-0.2, -0.15) is 0 Å². The van der Waals surface area contributed by atoms with E-state index >= 15 is 0 Å². The first kappa shape index (κ1) is 16.4. The van der Waals surface area contributed by atoms with Crippen molar-refractivity contribution >= 4 is 63.0 Å². The van der Waals surface area contributed by atoms with Gasteiger partial charge in [-0.3, -0.25) is 4.79 Å². The molecule has 0 spiro atoms. The highest BCUT2D eigenvalue weighted by atomic mass is 35.5. The van der Waals surface area contributed by atoms with E-state index in [2.05, 4.69) is 20.8 Å². The fraction of sp³-hybridized carbons (Fsp3) is 0.250. The Balaban J connectivity index is 1.86. The van der Waals surface area contributed by atoms with Gasteiger partial charge in [-0.1, -0.05) is 46.3 Å². The quantitative estimate of drug-likeness (QED) is 0.759. The summed E-state index contributed by atoms with van der Waals surface area (Å²) in [4.78, 5) is 11.9. The van der Waals surface area contributed by atoms with Crippen molar-refractivity contribution in [1.82, 2.24) is 10.2 Å². The van der Waals surface area contributed by atoms with Crippen LogP contribution in [0, 0.1) is 0 Å². The largest absolute Gasteiger partial charge is 0.360 e. The molecule has 0 radical (unpaired) electrons. The molecule has 0 atom stereocenters. The third kappa shape index (κ3) is 5.03. The molecule has 1 amide bonds. The molecule has 1 aromatic heterocycles. The number of rotatable bonds is 6. The number of benzene rings is 1. The van der Waals surface area contributed by atoms with E-state index < -0.39 is 0 Å². The Labute approximate surface area is 140 Å². The van der Waals surface area contributed by atoms with Crippen LogP contribution >= 0.6 is 46.3 Å². The lowest BCUT2D eigenvalue weighted by Crippen LogP contribution is -2.14. The molecule has 5 nitrogen and oxygen atoms in total. The smallest absolute Gasteiger partial charge is 0.234 e. The predicted octanol–water partition coefficient (Wildman–Crippen LogP) is 4.01. The number of aromatic nitrogens is 2. The Kier molecular flexibility index (Phi) is 6.10. The fourth-order valence-corrected chi connectivity index (χ4v) is 3.47. The van der Waals surface area contributed by atoms with Crippen LogP contribution in [0.25, 0.3) is 0 Å². The lowest BCUT2D eigenvalue weighted by atomic mass is 10.3. The molecular formula is C12H12Cl2N4OS2. The first-order chi connectivity index (χ1) is 10.1. The number of hydrogen-bond acceptors (Lipinski definition) is 6. The van der Waals surface area contributed by atoms with Crippen molar-refractivity contribution in [3.63, 3.8) is 0 Å². The van der Waals surface area contributed by atoms with Crippen LogP contribution < -0.4 is 10.6 Å². The molecule has 0 bridgehead atoms. The Bertz CT molecular complexity index is 635. The first-order valence-corrected chi connectivity index (χ1v) is 8.59. The molecule has 1 heterocycles. The average Bonchev–Trinajstić information content (AvgIpc) is 2.88. The fourth-order valence-electron chi connectivity index (χ4n) is 1.40. The van der Waals surface area contributed by atoms with Crippen molar-refractivity contribution in [1.29, 1.82) is 0 Å². The number of carbonyl (C=O) groups is 1. The first-order valence-electron chi connectivity index (χ1n) is 6.03. The number of nitrogens with zero attached hydrogens (tertiary/aromatic N) is 2. The lowest BCUT2D eigenvalue weighted by molar-refractivity contribution is -0.113. The maximum atomic E-state index is 11.9. The number of anilines is 2. The monoisotopic (exact) mass is 362 g/mol. The lowest BCUT2D eigenvalue weighted by Gasteiger charge is -2.06. The van der Waals surface area contributed by atoms with Crippen LogP contribution in [-0.4, -0.2) is 28.4 Å². The second-order valence-electron chi connectivity index (χ2n) is 3.86. The van der Waals surface area contributed by atoms with Crippen molar-refractivity contribution in [2.24, 2.45) is 0 Å². The summed E-state index contributed by atoms with van der Waals surface area (Å²) >= 11 is 14.5. The molecule has 2 N–H and O–H groups in total. The van der Waals surface area contributed by atoms with E-state index in [1.165, 1.54) is 23.1 Å². The summed E-state index contributed by atoms with van der Waals surface area (Å²) in [5.74, 6) is 0.0733. The van der Waals surface area contributed by atoms with Gasteiger partial charge >= 0.3 is 0 Å². The summed E-state index contributed by atoms with van der Waals surface area (Å²) in [6.07, 6.45) is 0. The zero-order chi connectivity index (χ0) is 15.2. The molecule has 2 rings (SSSR count). The highest BCUT2D eigenvalue weighted by Gasteiger charge is 2.09. The summed E-state index contributed by atoms with van der Waals surface area (Å²) in [5.41, 5.74) is 0.539. The number of hydrogen-bond donors (Lipinski definition) is 2. The number of halogens is 2. The van der Waals surface area contributed by atoms with Crippen molar-refractivity contribution in [3.05, 3.63) is 28.2 Å². The molecule has 0 saturated heterocycles. The van der Waals surface area contributed by atoms with Crippen LogP contribution in [-0.2, 0) is 4.79 Å². The predicted molar refractivity (Wildman–Crippen MR) is 89.9 cm³/mol. The summed E-state index contributed by atoms with van der Waals surface area (Å²) in [5, 5.41) is 15.4. The molecule has 112 valence electrons. The van der Waals surface area contributed by atoms with Gasteiger partial charge in [-0.05, 0) is 25.1 Å². The van der Waals surface area contributed by atoms with E-state index in [1.54, 1.807) is 18.2 Å². The summed E-state index contributed by atoms with van der Waals surface area (Å²) in [6.45, 7) is 2.77. The van der Waals surface area contributed by atoms with Gasteiger partial charge in [0.05, 0.1) is 16.5 Å². The maximum absolute atomic E-state index is 11.9. The van der Waals surface area contributed by atoms with Gasteiger partial charge in [0, 0.05) is 11.6 Å². The minimum absolute atomic E-state index is 0.163. The second-order valence-corrected chi connectivity index (χ2v) is 6.91. The van der Waals surface area contributed by atoms with Crippen LogP contribution in [0.4, 0.5) is 10.8 Å². The zero-order valence-corrected chi connectivity index (χ0v) is 14.2. The van der Waals surface area contributed by atoms with Gasteiger partial charge in [0.15, 0.2) is 4.34 Å². The second kappa shape index (κ2) is 7.84. The van der Waals surface area contributed by atoms with Crippen LogP contribution in [0.15, 0.2) is 22.5 Å². The van der Waals surface area contributed by atoms with Crippen LogP contribution in [0.1, 0.15) is 6.92 Å². The number of thioether (sulfide) groups is 1. The van der Waals surface area contributed by atoms with Gasteiger partial charge in [0.1, 0.15) is 0 Å². The van der Waals surface area contributed by atoms with E-state index in [1.807, 2.05) is 6.92 Å². The van der Waals surface area contributed by atoms with Gasteiger partial charge in [-0.25, -0.2) is 0 Å². The molecule has 1 aromatic carbocycles. The van der Waals surface area contributed by atoms with Crippen LogP contribution in [0.2, 0.25) is 10.0 Å². The third-order valence-corrected chi connectivity index (χ3v) is 4.83. The van der Waals surface area contributed by atoms with Crippen molar-refractivity contribution in [3.8, 4) is 0 Å². The molecule has 9 heteroatoms. The molecule has 2 aromatic rings. The normalized spacial score (nSPS) is 10.4. The van der Waals surface area contributed by atoms with E-state index in [0.29, 0.717) is 15.7 Å². The average molecular weight is 363 g/mol. The SMILES string of the molecule is CCNc1nnc(SCC(=O)Nc2ccc(Cl)cc2Cl)s1. The van der Waals surface area contributed by atoms with Gasteiger partial charge in [0.2, 0.25) is 11.0 Å². The van der Waals surface area contributed by atoms with Crippen LogP contribution in [0.3, 0.4) is 0 Å².